The maximum Gasteiger partial charge on any atom is 0.254 e. The van der Waals surface area contributed by atoms with E-state index < -0.39 is 0 Å². The molecule has 0 aliphatic heterocycles. The van der Waals surface area contributed by atoms with Gasteiger partial charge in [-0.05, 0) is 37.8 Å². The van der Waals surface area contributed by atoms with Crippen LogP contribution in [0.1, 0.15) is 48.7 Å². The molecular weight excluding hydrogens is 388 g/mol. The Morgan fingerprint density at radius 3 is 2.86 bits per heavy atom. The second kappa shape index (κ2) is 8.03. The van der Waals surface area contributed by atoms with Crippen LogP contribution in [0, 0.1) is 12.8 Å². The fourth-order valence-corrected chi connectivity index (χ4v) is 4.42. The third kappa shape index (κ3) is 3.69. The van der Waals surface area contributed by atoms with Gasteiger partial charge in [0.15, 0.2) is 5.65 Å². The van der Waals surface area contributed by atoms with Crippen LogP contribution >= 0.6 is 11.6 Å². The summed E-state index contributed by atoms with van der Waals surface area (Å²) in [4.78, 5) is 17.5. The van der Waals surface area contributed by atoms with Gasteiger partial charge in [-0.25, -0.2) is 9.67 Å². The number of halogens is 1. The number of nitrogens with zero attached hydrogens (tertiary/aromatic N) is 3. The smallest absolute Gasteiger partial charge is 0.254 e. The number of carbonyl (C=O) groups excluding carboxylic acids is 1. The number of amides is 1. The summed E-state index contributed by atoms with van der Waals surface area (Å²) in [7, 11) is 1.62. The van der Waals surface area contributed by atoms with Crippen molar-refractivity contribution in [3.05, 3.63) is 46.7 Å². The molecule has 0 bridgehead atoms. The monoisotopic (exact) mass is 412 g/mol. The van der Waals surface area contributed by atoms with Gasteiger partial charge in [-0.15, -0.1) is 0 Å². The number of carbonyl (C=O) groups is 1. The van der Waals surface area contributed by atoms with Gasteiger partial charge in [0, 0.05) is 18.3 Å². The van der Waals surface area contributed by atoms with Crippen LogP contribution in [0.25, 0.3) is 16.7 Å². The molecule has 6 nitrogen and oxygen atoms in total. The van der Waals surface area contributed by atoms with E-state index in [0.29, 0.717) is 27.5 Å². The Morgan fingerprint density at radius 1 is 1.31 bits per heavy atom. The average molecular weight is 413 g/mol. The van der Waals surface area contributed by atoms with Crippen molar-refractivity contribution in [2.45, 2.75) is 45.6 Å². The number of nitrogens with one attached hydrogen (secondary N) is 1. The van der Waals surface area contributed by atoms with Gasteiger partial charge in [0.2, 0.25) is 0 Å². The Morgan fingerprint density at radius 2 is 2.10 bits per heavy atom. The Balaban J connectivity index is 1.71. The quantitative estimate of drug-likeness (QED) is 0.674. The van der Waals surface area contributed by atoms with Gasteiger partial charge < -0.3 is 10.1 Å². The van der Waals surface area contributed by atoms with Gasteiger partial charge in [0.25, 0.3) is 5.91 Å². The predicted octanol–water partition coefficient (Wildman–Crippen LogP) is 4.70. The van der Waals surface area contributed by atoms with Gasteiger partial charge in [0.05, 0.1) is 34.5 Å². The summed E-state index contributed by atoms with van der Waals surface area (Å²) in [5.74, 6) is 1.03. The average Bonchev–Trinajstić information content (AvgIpc) is 3.07. The lowest BCUT2D eigenvalue weighted by atomic mass is 9.86. The summed E-state index contributed by atoms with van der Waals surface area (Å²) in [5.41, 5.74) is 2.55. The summed E-state index contributed by atoms with van der Waals surface area (Å²) in [5, 5.41) is 8.85. The van der Waals surface area contributed by atoms with E-state index in [1.165, 1.54) is 6.42 Å². The van der Waals surface area contributed by atoms with Crippen LogP contribution in [0.15, 0.2) is 30.5 Å². The highest BCUT2D eigenvalue weighted by molar-refractivity contribution is 6.38. The lowest BCUT2D eigenvalue weighted by molar-refractivity contribution is 0.0910. The number of methoxy groups -OCH3 is 1. The zero-order valence-corrected chi connectivity index (χ0v) is 17.7. The normalized spacial score (nSPS) is 19.3. The van der Waals surface area contributed by atoms with Gasteiger partial charge in [-0.1, -0.05) is 37.4 Å². The number of aromatic nitrogens is 3. The van der Waals surface area contributed by atoms with Gasteiger partial charge in [0.1, 0.15) is 5.75 Å². The molecule has 3 aromatic rings. The van der Waals surface area contributed by atoms with Crippen LogP contribution in [-0.4, -0.2) is 33.8 Å². The van der Waals surface area contributed by atoms with Crippen molar-refractivity contribution in [3.63, 3.8) is 0 Å². The molecule has 1 aromatic carbocycles. The lowest BCUT2D eigenvalue weighted by Crippen LogP contribution is -2.41. The van der Waals surface area contributed by atoms with E-state index in [1.807, 2.05) is 31.2 Å². The number of hydrogen-bond donors (Lipinski definition) is 1. The predicted molar refractivity (Wildman–Crippen MR) is 114 cm³/mol. The lowest BCUT2D eigenvalue weighted by Gasteiger charge is -2.29. The van der Waals surface area contributed by atoms with Crippen LogP contribution < -0.4 is 10.1 Å². The molecule has 1 aliphatic carbocycles. The molecule has 29 heavy (non-hydrogen) atoms. The minimum absolute atomic E-state index is 0.170. The summed E-state index contributed by atoms with van der Waals surface area (Å²) in [6.07, 6.45) is 6.07. The molecule has 0 saturated heterocycles. The zero-order chi connectivity index (χ0) is 20.5. The number of hydrogen-bond acceptors (Lipinski definition) is 4. The molecule has 7 heteroatoms. The summed E-state index contributed by atoms with van der Waals surface area (Å²) in [6.45, 7) is 4.06. The summed E-state index contributed by atoms with van der Waals surface area (Å²) >= 11 is 6.68. The molecule has 1 saturated carbocycles. The fraction of sp³-hybridized carbons (Fsp3) is 0.409. The van der Waals surface area contributed by atoms with E-state index >= 15 is 0 Å². The largest absolute Gasteiger partial charge is 0.497 e. The third-order valence-corrected chi connectivity index (χ3v) is 6.17. The Kier molecular flexibility index (Phi) is 5.46. The minimum atomic E-state index is -0.170. The Labute approximate surface area is 175 Å². The number of rotatable bonds is 4. The van der Waals surface area contributed by atoms with E-state index in [0.717, 1.165) is 36.4 Å². The van der Waals surface area contributed by atoms with E-state index in [-0.39, 0.29) is 11.9 Å². The molecule has 2 aromatic heterocycles. The standard InChI is InChI=1S/C22H25ClN4O2/c1-13-7-4-5-10-18(13)25-22(28)17-12-24-21-19(20(17)23)14(2)26-27(21)15-8-6-9-16(11-15)29-3/h6,8-9,11-13,18H,4-5,7,10H2,1-3H3,(H,25,28)/t13-,18+/m0/s1. The second-order valence-corrected chi connectivity index (χ2v) is 8.10. The van der Waals surface area contributed by atoms with Crippen LogP contribution in [0.2, 0.25) is 5.02 Å². The third-order valence-electron chi connectivity index (χ3n) is 5.78. The maximum atomic E-state index is 12.9. The number of ether oxygens (including phenoxy) is 1. The van der Waals surface area contributed by atoms with Crippen molar-refractivity contribution < 1.29 is 9.53 Å². The molecule has 1 fully saturated rings. The van der Waals surface area contributed by atoms with Gasteiger partial charge in [-0.3, -0.25) is 4.79 Å². The molecule has 1 amide bonds. The van der Waals surface area contributed by atoms with Crippen LogP contribution in [0.3, 0.4) is 0 Å². The van der Waals surface area contributed by atoms with E-state index in [2.05, 4.69) is 22.3 Å². The maximum absolute atomic E-state index is 12.9. The fourth-order valence-electron chi connectivity index (χ4n) is 4.07. The molecular formula is C22H25ClN4O2. The van der Waals surface area contributed by atoms with E-state index in [9.17, 15) is 4.79 Å². The summed E-state index contributed by atoms with van der Waals surface area (Å²) in [6, 6.07) is 7.76. The van der Waals surface area contributed by atoms with Crippen molar-refractivity contribution in [1.82, 2.24) is 20.1 Å². The molecule has 0 unspecified atom stereocenters. The molecule has 2 heterocycles. The zero-order valence-electron chi connectivity index (χ0n) is 16.9. The number of aryl methyl sites for hydroxylation is 1. The highest BCUT2D eigenvalue weighted by Gasteiger charge is 2.26. The highest BCUT2D eigenvalue weighted by atomic mass is 35.5. The molecule has 0 radical (unpaired) electrons. The van der Waals surface area contributed by atoms with Gasteiger partial charge >= 0.3 is 0 Å². The van der Waals surface area contributed by atoms with E-state index in [4.69, 9.17) is 16.3 Å². The SMILES string of the molecule is COc1cccc(-n2nc(C)c3c(Cl)c(C(=O)N[C@@H]4CCCC[C@@H]4C)cnc32)c1. The van der Waals surface area contributed by atoms with Crippen molar-refractivity contribution in [2.75, 3.05) is 7.11 Å². The van der Waals surface area contributed by atoms with Crippen LogP contribution in [-0.2, 0) is 0 Å². The first-order valence-corrected chi connectivity index (χ1v) is 10.4. The van der Waals surface area contributed by atoms with Crippen molar-refractivity contribution >= 4 is 28.5 Å². The highest BCUT2D eigenvalue weighted by Crippen LogP contribution is 2.31. The number of pyridine rings is 1. The van der Waals surface area contributed by atoms with Crippen LogP contribution in [0.5, 0.6) is 5.75 Å². The molecule has 0 spiro atoms. The first-order chi connectivity index (χ1) is 14.0. The van der Waals surface area contributed by atoms with Crippen molar-refractivity contribution in [3.8, 4) is 11.4 Å². The first kappa shape index (κ1) is 19.7. The van der Waals surface area contributed by atoms with Crippen LogP contribution in [0.4, 0.5) is 0 Å². The van der Waals surface area contributed by atoms with Crippen molar-refractivity contribution in [2.24, 2.45) is 5.92 Å². The number of fused-ring (bicyclic) bond motifs is 1. The van der Waals surface area contributed by atoms with Crippen molar-refractivity contribution in [1.29, 1.82) is 0 Å². The molecule has 152 valence electrons. The number of benzene rings is 1. The molecule has 1 aliphatic rings. The molecule has 4 rings (SSSR count). The summed E-state index contributed by atoms with van der Waals surface area (Å²) < 4.78 is 7.04. The van der Waals surface area contributed by atoms with Gasteiger partial charge in [-0.2, -0.15) is 5.10 Å². The molecule has 2 atom stereocenters. The topological polar surface area (TPSA) is 69.0 Å². The second-order valence-electron chi connectivity index (χ2n) is 7.72. The minimum Gasteiger partial charge on any atom is -0.497 e. The Bertz CT molecular complexity index is 1060. The Hall–Kier alpha value is -2.60. The van der Waals surface area contributed by atoms with E-state index in [1.54, 1.807) is 18.0 Å². The molecule has 1 N–H and O–H groups in total. The first-order valence-electron chi connectivity index (χ1n) is 9.98.